The standard InChI is InChI=1S/C43H53NO14.C2H6O/c1-22-26(55-37(51)32(48)30(24-15-11-9-12-16-24)44-38(52)58-39(3,4)5)20-43(53)35(56-36(50)25-17-13-10-14-18-25)33-41(8,34(49)31(47)29(22)40(43,6)7)27(46)19-28-42(33,21-54-28)57-23(2)45;1-2-3/h9-18,26-28,30-33,35,46-48,53H,19-21H2,1-8H3,(H,44,52);3H,2H2,1H3/t26-,27-,28+,30-,31+,32+,33-,35-,41+,42-,43+;/m0./s1. The third-order valence-electron chi connectivity index (χ3n) is 12.6. The molecule has 16 heteroatoms. The predicted molar refractivity (Wildman–Crippen MR) is 216 cm³/mol. The molecule has 0 radical (unpaired) electrons. The van der Waals surface area contributed by atoms with Crippen molar-refractivity contribution < 1.29 is 73.2 Å². The topological polar surface area (TPSA) is 245 Å². The van der Waals surface area contributed by atoms with Crippen molar-refractivity contribution in [3.63, 3.8) is 0 Å². The summed E-state index contributed by atoms with van der Waals surface area (Å²) in [6, 6.07) is 14.6. The van der Waals surface area contributed by atoms with Crippen molar-refractivity contribution >= 4 is 29.8 Å². The zero-order valence-corrected chi connectivity index (χ0v) is 36.0. The minimum atomic E-state index is -2.35. The molecular weight excluding hydrogens is 794 g/mol. The van der Waals surface area contributed by atoms with Crippen LogP contribution in [0, 0.1) is 16.7 Å². The van der Waals surface area contributed by atoms with Crippen molar-refractivity contribution in [3.8, 4) is 0 Å². The summed E-state index contributed by atoms with van der Waals surface area (Å²) in [6.07, 6.45) is -11.5. The number of nitrogens with one attached hydrogen (secondary N) is 1. The van der Waals surface area contributed by atoms with Crippen LogP contribution in [-0.2, 0) is 38.1 Å². The first-order chi connectivity index (χ1) is 28.4. The molecule has 11 atom stereocenters. The second-order valence-corrected chi connectivity index (χ2v) is 17.9. The van der Waals surface area contributed by atoms with Crippen molar-refractivity contribution in [3.05, 3.63) is 82.9 Å². The molecule has 2 saturated carbocycles. The molecule has 3 fully saturated rings. The summed E-state index contributed by atoms with van der Waals surface area (Å²) in [4.78, 5) is 68.9. The van der Waals surface area contributed by atoms with Crippen molar-refractivity contribution in [2.45, 2.75) is 135 Å². The van der Waals surface area contributed by atoms with E-state index in [0.29, 0.717) is 5.56 Å². The van der Waals surface area contributed by atoms with Crippen LogP contribution in [0.15, 0.2) is 71.8 Å². The number of aliphatic hydroxyl groups excluding tert-OH is 4. The highest BCUT2D eigenvalue weighted by atomic mass is 16.6. The number of amides is 1. The SMILES string of the molecule is CC(=O)O[C@@]12CO[C@@H]1C[C@H](O)[C@@]1(C)C(=O)[C@H](O)C3=C(C)[C@@H](OC(=O)[C@H](O)[C@@H](NC(=O)OC(C)(C)C)c4ccccc4)C[C@@](O)([C@@H](OC(=O)c4ccccc4)[C@H]21)C3(C)C.CCO. The van der Waals surface area contributed by atoms with E-state index in [1.54, 1.807) is 90.1 Å². The van der Waals surface area contributed by atoms with E-state index in [1.165, 1.54) is 26.0 Å². The number of aliphatic hydroxyl groups is 5. The van der Waals surface area contributed by atoms with Crippen LogP contribution in [0.3, 0.4) is 0 Å². The summed E-state index contributed by atoms with van der Waals surface area (Å²) in [7, 11) is 0. The molecule has 61 heavy (non-hydrogen) atoms. The van der Waals surface area contributed by atoms with Gasteiger partial charge in [-0.1, -0.05) is 62.4 Å². The van der Waals surface area contributed by atoms with Crippen LogP contribution in [0.1, 0.15) is 97.1 Å². The second-order valence-electron chi connectivity index (χ2n) is 17.9. The van der Waals surface area contributed by atoms with E-state index in [4.69, 9.17) is 28.8 Å². The van der Waals surface area contributed by atoms with Crippen LogP contribution in [0.25, 0.3) is 0 Å². The van der Waals surface area contributed by atoms with E-state index in [-0.39, 0.29) is 36.3 Å². The van der Waals surface area contributed by atoms with Crippen LogP contribution < -0.4 is 5.32 Å². The predicted octanol–water partition coefficient (Wildman–Crippen LogP) is 3.26. The fourth-order valence-electron chi connectivity index (χ4n) is 9.56. The van der Waals surface area contributed by atoms with E-state index >= 15 is 0 Å². The average Bonchev–Trinajstić information content (AvgIpc) is 3.18. The van der Waals surface area contributed by atoms with Crippen LogP contribution >= 0.6 is 0 Å². The Morgan fingerprint density at radius 3 is 2.07 bits per heavy atom. The molecule has 16 nitrogen and oxygen atoms in total. The van der Waals surface area contributed by atoms with Gasteiger partial charge in [0, 0.05) is 31.8 Å². The van der Waals surface area contributed by atoms with Crippen LogP contribution in [-0.4, -0.2) is 122 Å². The number of hydrogen-bond donors (Lipinski definition) is 6. The van der Waals surface area contributed by atoms with Gasteiger partial charge in [-0.05, 0) is 70.4 Å². The lowest BCUT2D eigenvalue weighted by atomic mass is 9.44. The molecule has 2 aromatic carbocycles. The van der Waals surface area contributed by atoms with Crippen LogP contribution in [0.5, 0.6) is 0 Å². The lowest BCUT2D eigenvalue weighted by Crippen LogP contribution is -2.81. The maximum atomic E-state index is 14.9. The molecule has 3 aliphatic carbocycles. The summed E-state index contributed by atoms with van der Waals surface area (Å²) >= 11 is 0. The number of alkyl carbamates (subject to hydrolysis) is 1. The molecule has 1 heterocycles. The van der Waals surface area contributed by atoms with Gasteiger partial charge in [0.15, 0.2) is 17.5 Å². The molecule has 2 bridgehead atoms. The van der Waals surface area contributed by atoms with Gasteiger partial charge in [0.2, 0.25) is 0 Å². The van der Waals surface area contributed by atoms with E-state index in [9.17, 15) is 44.4 Å². The number of ketones is 1. The third kappa shape index (κ3) is 8.58. The number of esters is 3. The van der Waals surface area contributed by atoms with Gasteiger partial charge >= 0.3 is 24.0 Å². The second kappa shape index (κ2) is 17.6. The fourth-order valence-corrected chi connectivity index (χ4v) is 9.56. The van der Waals surface area contributed by atoms with Gasteiger partial charge in [0.05, 0.1) is 35.6 Å². The number of ether oxygens (including phenoxy) is 5. The highest BCUT2D eigenvalue weighted by Crippen LogP contribution is 2.64. The molecule has 0 spiro atoms. The quantitative estimate of drug-likeness (QED) is 0.127. The Hall–Kier alpha value is -4.71. The Balaban J connectivity index is 0.00000228. The zero-order valence-electron chi connectivity index (χ0n) is 36.0. The summed E-state index contributed by atoms with van der Waals surface area (Å²) in [6.45, 7) is 13.7. The average molecular weight is 854 g/mol. The minimum absolute atomic E-state index is 0.0637. The number of carbonyl (C=O) groups excluding carboxylic acids is 5. The number of hydrogen-bond acceptors (Lipinski definition) is 15. The van der Waals surface area contributed by atoms with Gasteiger partial charge in [-0.25, -0.2) is 14.4 Å². The summed E-state index contributed by atoms with van der Waals surface area (Å²) < 4.78 is 29.5. The van der Waals surface area contributed by atoms with E-state index < -0.39 is 112 Å². The molecule has 0 unspecified atom stereocenters. The molecule has 1 aliphatic heterocycles. The van der Waals surface area contributed by atoms with Gasteiger partial charge in [0.25, 0.3) is 0 Å². The molecule has 6 rings (SSSR count). The maximum Gasteiger partial charge on any atom is 0.408 e. The summed E-state index contributed by atoms with van der Waals surface area (Å²) in [5, 5.41) is 59.1. The van der Waals surface area contributed by atoms with E-state index in [1.807, 2.05) is 0 Å². The Kier molecular flexibility index (Phi) is 13.6. The van der Waals surface area contributed by atoms with Gasteiger partial charge in [0.1, 0.15) is 35.6 Å². The van der Waals surface area contributed by atoms with E-state index in [2.05, 4.69) is 5.32 Å². The molecule has 6 N–H and O–H groups in total. The molecule has 334 valence electrons. The summed E-state index contributed by atoms with van der Waals surface area (Å²) in [5.74, 6) is -5.36. The zero-order chi connectivity index (χ0) is 45.5. The molecule has 4 aliphatic rings. The van der Waals surface area contributed by atoms with Gasteiger partial charge in [-0.3, -0.25) is 9.59 Å². The molecular formula is C45H59NO15. The molecule has 0 aromatic heterocycles. The van der Waals surface area contributed by atoms with Crippen LogP contribution in [0.4, 0.5) is 4.79 Å². The Morgan fingerprint density at radius 2 is 1.54 bits per heavy atom. The highest BCUT2D eigenvalue weighted by Gasteiger charge is 2.78. The Labute approximate surface area is 355 Å². The van der Waals surface area contributed by atoms with Crippen LogP contribution in [0.2, 0.25) is 0 Å². The number of carbonyl (C=O) groups is 5. The van der Waals surface area contributed by atoms with Crippen molar-refractivity contribution in [2.24, 2.45) is 16.7 Å². The lowest BCUT2D eigenvalue weighted by Gasteiger charge is -2.67. The van der Waals surface area contributed by atoms with Crippen molar-refractivity contribution in [1.29, 1.82) is 0 Å². The van der Waals surface area contributed by atoms with Gasteiger partial charge < -0.3 is 54.5 Å². The lowest BCUT2D eigenvalue weighted by molar-refractivity contribution is -0.346. The number of Topliss-reactive ketones (excluding diaryl/α,β-unsaturated/α-hetero) is 1. The largest absolute Gasteiger partial charge is 0.456 e. The first kappa shape index (κ1) is 47.3. The summed E-state index contributed by atoms with van der Waals surface area (Å²) in [5.41, 5.74) is -8.14. The van der Waals surface area contributed by atoms with Gasteiger partial charge in [-0.2, -0.15) is 0 Å². The number of fused-ring (bicyclic) bond motifs is 5. The monoisotopic (exact) mass is 853 g/mol. The normalized spacial score (nSPS) is 32.3. The maximum absolute atomic E-state index is 14.9. The van der Waals surface area contributed by atoms with Crippen molar-refractivity contribution in [1.82, 2.24) is 5.32 Å². The molecule has 2 aromatic rings. The molecule has 1 saturated heterocycles. The minimum Gasteiger partial charge on any atom is -0.456 e. The Morgan fingerprint density at radius 1 is 0.967 bits per heavy atom. The first-order valence-corrected chi connectivity index (χ1v) is 20.4. The first-order valence-electron chi connectivity index (χ1n) is 20.4. The van der Waals surface area contributed by atoms with E-state index in [0.717, 1.165) is 6.92 Å². The Bertz CT molecular complexity index is 2000. The number of benzene rings is 2. The van der Waals surface area contributed by atoms with Crippen molar-refractivity contribution in [2.75, 3.05) is 13.2 Å². The highest BCUT2D eigenvalue weighted by molar-refractivity contribution is 5.94. The number of rotatable bonds is 8. The molecule has 1 amide bonds. The smallest absolute Gasteiger partial charge is 0.408 e. The fraction of sp³-hybridized carbons (Fsp3) is 0.578. The third-order valence-corrected chi connectivity index (χ3v) is 12.6. The van der Waals surface area contributed by atoms with Gasteiger partial charge in [-0.15, -0.1) is 0 Å².